The lowest BCUT2D eigenvalue weighted by molar-refractivity contribution is 0.0698. The molecule has 0 amide bonds. The van der Waals surface area contributed by atoms with E-state index in [-0.39, 0.29) is 17.0 Å². The van der Waals surface area contributed by atoms with Crippen LogP contribution in [0.3, 0.4) is 0 Å². The van der Waals surface area contributed by atoms with Gasteiger partial charge in [0.25, 0.3) is 0 Å². The number of nitrogens with one attached hydrogen (secondary N) is 1. The number of benzene rings is 2. The summed E-state index contributed by atoms with van der Waals surface area (Å²) in [7, 11) is 0. The lowest BCUT2D eigenvalue weighted by Crippen LogP contribution is -2.14. The van der Waals surface area contributed by atoms with Gasteiger partial charge in [-0.2, -0.15) is 5.10 Å². The first-order valence-electron chi connectivity index (χ1n) is 11.5. The van der Waals surface area contributed by atoms with Gasteiger partial charge in [0, 0.05) is 41.0 Å². The Labute approximate surface area is 206 Å². The van der Waals surface area contributed by atoms with Gasteiger partial charge in [0.05, 0.1) is 28.9 Å². The van der Waals surface area contributed by atoms with Crippen LogP contribution < -0.4 is 10.7 Å². The highest BCUT2D eigenvalue weighted by Crippen LogP contribution is 2.33. The van der Waals surface area contributed by atoms with E-state index < -0.39 is 5.97 Å². The number of hydrogen-bond acceptors (Lipinski definition) is 6. The Morgan fingerprint density at radius 2 is 1.92 bits per heavy atom. The third-order valence-electron chi connectivity index (χ3n) is 6.14. The number of carbonyl (C=O) groups is 1. The molecule has 0 spiro atoms. The van der Waals surface area contributed by atoms with Crippen molar-refractivity contribution in [2.45, 2.75) is 26.8 Å². The van der Waals surface area contributed by atoms with Crippen LogP contribution in [0.2, 0.25) is 0 Å². The van der Waals surface area contributed by atoms with Crippen LogP contribution in [0, 0.1) is 13.8 Å². The molecule has 0 bridgehead atoms. The van der Waals surface area contributed by atoms with Crippen LogP contribution >= 0.6 is 0 Å². The summed E-state index contributed by atoms with van der Waals surface area (Å²) in [6.45, 7) is 5.57. The Morgan fingerprint density at radius 3 is 2.67 bits per heavy atom. The van der Waals surface area contributed by atoms with Gasteiger partial charge in [0.2, 0.25) is 0 Å². The maximum atomic E-state index is 13.5. The number of pyridine rings is 1. The van der Waals surface area contributed by atoms with Crippen molar-refractivity contribution in [1.82, 2.24) is 14.8 Å². The van der Waals surface area contributed by atoms with Crippen LogP contribution in [-0.4, -0.2) is 25.8 Å². The monoisotopic (exact) mass is 480 g/mol. The number of fused-ring (bicyclic) bond motifs is 1. The molecule has 0 aliphatic heterocycles. The summed E-state index contributed by atoms with van der Waals surface area (Å²) in [5.41, 5.74) is 4.50. The summed E-state index contributed by atoms with van der Waals surface area (Å²) in [4.78, 5) is 29.5. The first kappa shape index (κ1) is 23.0. The van der Waals surface area contributed by atoms with Crippen molar-refractivity contribution < 1.29 is 14.3 Å². The average Bonchev–Trinajstić information content (AvgIpc) is 3.41. The fourth-order valence-corrected chi connectivity index (χ4v) is 4.37. The standard InChI is InChI=1S/C28H24N4O4/c1-16-11-22(18(3)31-24-8-5-4-7-21(24)28(34)35)27-23(12-16)25(33)17(2)26(36-27)19-13-20(15-29-14-19)32-10-6-9-30-32/h4-15,18,31H,1-3H3,(H,34,35)/t18-/m1/s1. The molecule has 0 fully saturated rings. The second-order valence-electron chi connectivity index (χ2n) is 8.72. The highest BCUT2D eigenvalue weighted by Gasteiger charge is 2.20. The van der Waals surface area contributed by atoms with Crippen molar-refractivity contribution in [2.75, 3.05) is 5.32 Å². The molecule has 3 heterocycles. The van der Waals surface area contributed by atoms with Crippen molar-refractivity contribution in [3.63, 3.8) is 0 Å². The molecular formula is C28H24N4O4. The van der Waals surface area contributed by atoms with E-state index >= 15 is 0 Å². The van der Waals surface area contributed by atoms with E-state index in [4.69, 9.17) is 4.42 Å². The van der Waals surface area contributed by atoms with E-state index in [1.807, 2.05) is 44.3 Å². The molecule has 0 radical (unpaired) electrons. The average molecular weight is 481 g/mol. The van der Waals surface area contributed by atoms with E-state index in [0.717, 1.165) is 16.8 Å². The molecule has 0 aliphatic carbocycles. The summed E-state index contributed by atoms with van der Waals surface area (Å²) >= 11 is 0. The van der Waals surface area contributed by atoms with E-state index in [2.05, 4.69) is 15.4 Å². The predicted octanol–water partition coefficient (Wildman–Crippen LogP) is 5.53. The fourth-order valence-electron chi connectivity index (χ4n) is 4.37. The number of aryl methyl sites for hydroxylation is 1. The molecule has 2 N–H and O–H groups in total. The zero-order valence-electron chi connectivity index (χ0n) is 20.0. The summed E-state index contributed by atoms with van der Waals surface area (Å²) < 4.78 is 8.11. The first-order chi connectivity index (χ1) is 17.3. The molecule has 0 unspecified atom stereocenters. The Morgan fingerprint density at radius 1 is 1.11 bits per heavy atom. The minimum absolute atomic E-state index is 0.126. The van der Waals surface area contributed by atoms with Crippen LogP contribution in [0.5, 0.6) is 0 Å². The number of carboxylic acids is 1. The minimum Gasteiger partial charge on any atom is -0.478 e. The maximum Gasteiger partial charge on any atom is 0.337 e. The number of carboxylic acid groups (broad SMARTS) is 1. The summed E-state index contributed by atoms with van der Waals surface area (Å²) in [5.74, 6) is -0.592. The topological polar surface area (TPSA) is 110 Å². The Hall–Kier alpha value is -4.72. The van der Waals surface area contributed by atoms with Gasteiger partial charge in [-0.3, -0.25) is 9.78 Å². The third-order valence-corrected chi connectivity index (χ3v) is 6.14. The van der Waals surface area contributed by atoms with Crippen LogP contribution in [-0.2, 0) is 0 Å². The third kappa shape index (κ3) is 4.13. The molecule has 5 rings (SSSR count). The molecule has 8 heteroatoms. The Balaban J connectivity index is 1.66. The van der Waals surface area contributed by atoms with Gasteiger partial charge in [-0.15, -0.1) is 0 Å². The highest BCUT2D eigenvalue weighted by molar-refractivity contribution is 5.94. The molecule has 8 nitrogen and oxygen atoms in total. The second-order valence-corrected chi connectivity index (χ2v) is 8.72. The first-order valence-corrected chi connectivity index (χ1v) is 11.5. The SMILES string of the molecule is Cc1cc([C@@H](C)Nc2ccccc2C(=O)O)c2oc(-c3cncc(-n4cccn4)c3)c(C)c(=O)c2c1. The number of hydrogen-bond donors (Lipinski definition) is 2. The molecule has 5 aromatic rings. The fraction of sp³-hybridized carbons (Fsp3) is 0.143. The number of para-hydroxylation sites is 1. The molecule has 3 aromatic heterocycles. The molecule has 0 saturated heterocycles. The van der Waals surface area contributed by atoms with Crippen LogP contribution in [0.4, 0.5) is 5.69 Å². The van der Waals surface area contributed by atoms with E-state index in [0.29, 0.717) is 33.5 Å². The molecule has 36 heavy (non-hydrogen) atoms. The Bertz CT molecular complexity index is 1650. The van der Waals surface area contributed by atoms with Gasteiger partial charge in [-0.05, 0) is 56.7 Å². The lowest BCUT2D eigenvalue weighted by atomic mass is 9.98. The van der Waals surface area contributed by atoms with Gasteiger partial charge in [-0.1, -0.05) is 18.2 Å². The molecule has 0 aliphatic rings. The molecule has 2 aromatic carbocycles. The number of nitrogens with zero attached hydrogens (tertiary/aromatic N) is 3. The van der Waals surface area contributed by atoms with Crippen molar-refractivity contribution in [1.29, 1.82) is 0 Å². The van der Waals surface area contributed by atoms with Gasteiger partial charge < -0.3 is 14.8 Å². The van der Waals surface area contributed by atoms with Gasteiger partial charge in [-0.25, -0.2) is 9.48 Å². The molecule has 0 saturated carbocycles. The summed E-state index contributed by atoms with van der Waals surface area (Å²) in [6, 6.07) is 13.8. The summed E-state index contributed by atoms with van der Waals surface area (Å²) in [6.07, 6.45) is 6.83. The molecule has 1 atom stereocenters. The largest absolute Gasteiger partial charge is 0.478 e. The van der Waals surface area contributed by atoms with Crippen molar-refractivity contribution in [3.05, 3.63) is 106 Å². The minimum atomic E-state index is -1.02. The number of anilines is 1. The zero-order chi connectivity index (χ0) is 25.4. The quantitative estimate of drug-likeness (QED) is 0.329. The highest BCUT2D eigenvalue weighted by atomic mass is 16.4. The molecular weight excluding hydrogens is 456 g/mol. The van der Waals surface area contributed by atoms with Gasteiger partial charge >= 0.3 is 5.97 Å². The lowest BCUT2D eigenvalue weighted by Gasteiger charge is -2.20. The number of rotatable bonds is 6. The van der Waals surface area contributed by atoms with Crippen molar-refractivity contribution in [2.24, 2.45) is 0 Å². The van der Waals surface area contributed by atoms with E-state index in [1.165, 1.54) is 0 Å². The van der Waals surface area contributed by atoms with E-state index in [9.17, 15) is 14.7 Å². The maximum absolute atomic E-state index is 13.5. The zero-order valence-corrected chi connectivity index (χ0v) is 20.0. The molecule has 180 valence electrons. The van der Waals surface area contributed by atoms with Gasteiger partial charge in [0.1, 0.15) is 11.3 Å². The normalized spacial score (nSPS) is 12.0. The summed E-state index contributed by atoms with van der Waals surface area (Å²) in [5, 5.41) is 17.6. The van der Waals surface area contributed by atoms with Gasteiger partial charge in [0.15, 0.2) is 5.43 Å². The smallest absolute Gasteiger partial charge is 0.337 e. The van der Waals surface area contributed by atoms with Crippen LogP contribution in [0.1, 0.15) is 40.0 Å². The number of aromatic nitrogens is 3. The van der Waals surface area contributed by atoms with Crippen molar-refractivity contribution >= 4 is 22.6 Å². The number of aromatic carboxylic acids is 1. The van der Waals surface area contributed by atoms with Crippen LogP contribution in [0.15, 0.2) is 82.5 Å². The Kier molecular flexibility index (Phi) is 5.85. The van der Waals surface area contributed by atoms with E-state index in [1.54, 1.807) is 54.5 Å². The van der Waals surface area contributed by atoms with Crippen molar-refractivity contribution in [3.8, 4) is 17.0 Å². The second kappa shape index (κ2) is 9.14. The predicted molar refractivity (Wildman–Crippen MR) is 138 cm³/mol. The van der Waals surface area contributed by atoms with Crippen LogP contribution in [0.25, 0.3) is 28.0 Å².